The van der Waals surface area contributed by atoms with E-state index >= 15 is 0 Å². The van der Waals surface area contributed by atoms with Crippen molar-refractivity contribution in [3.8, 4) is 11.8 Å². The van der Waals surface area contributed by atoms with Crippen LogP contribution < -0.4 is 15.5 Å². The Morgan fingerprint density at radius 1 is 1.18 bits per heavy atom. The van der Waals surface area contributed by atoms with Crippen LogP contribution in [0.25, 0.3) is 0 Å². The van der Waals surface area contributed by atoms with Gasteiger partial charge in [-0.15, -0.1) is 0 Å². The number of aromatic nitrogens is 1. The molecule has 1 aromatic carbocycles. The van der Waals surface area contributed by atoms with E-state index in [1.807, 2.05) is 26.0 Å². The molecule has 0 bridgehead atoms. The molecule has 28 heavy (non-hydrogen) atoms. The molecule has 1 aliphatic carbocycles. The molecule has 0 aliphatic heterocycles. The fraction of sp³-hybridized carbons (Fsp3) is 0.381. The summed E-state index contributed by atoms with van der Waals surface area (Å²) in [6.45, 7) is 5.38. The van der Waals surface area contributed by atoms with Crippen molar-refractivity contribution in [2.45, 2.75) is 39.2 Å². The lowest BCUT2D eigenvalue weighted by molar-refractivity contribution is -0.124. The summed E-state index contributed by atoms with van der Waals surface area (Å²) in [6, 6.07) is 12.6. The van der Waals surface area contributed by atoms with Gasteiger partial charge >= 0.3 is 0 Å². The Morgan fingerprint density at radius 3 is 2.32 bits per heavy atom. The summed E-state index contributed by atoms with van der Waals surface area (Å²) < 4.78 is 7.20. The third-order valence-corrected chi connectivity index (χ3v) is 5.00. The molecular formula is C21H24N4O3. The second-order valence-corrected chi connectivity index (χ2v) is 7.34. The summed E-state index contributed by atoms with van der Waals surface area (Å²) in [4.78, 5) is 24.5. The maximum absolute atomic E-state index is 12.4. The van der Waals surface area contributed by atoms with Crippen molar-refractivity contribution in [3.63, 3.8) is 0 Å². The number of nitrogens with one attached hydrogen (secondary N) is 2. The van der Waals surface area contributed by atoms with Crippen molar-refractivity contribution in [2.75, 3.05) is 12.0 Å². The van der Waals surface area contributed by atoms with E-state index in [0.717, 1.165) is 24.2 Å². The van der Waals surface area contributed by atoms with Crippen LogP contribution in [0.15, 0.2) is 36.4 Å². The fourth-order valence-corrected chi connectivity index (χ4v) is 3.07. The molecular weight excluding hydrogens is 356 g/mol. The van der Waals surface area contributed by atoms with Gasteiger partial charge in [-0.25, -0.2) is 0 Å². The van der Waals surface area contributed by atoms with Gasteiger partial charge in [0.05, 0.1) is 6.07 Å². The first-order valence-electron chi connectivity index (χ1n) is 9.24. The fourth-order valence-electron chi connectivity index (χ4n) is 3.07. The largest absolute Gasteiger partial charge is 0.484 e. The van der Waals surface area contributed by atoms with Gasteiger partial charge in [0.25, 0.3) is 11.8 Å². The predicted molar refractivity (Wildman–Crippen MR) is 104 cm³/mol. The van der Waals surface area contributed by atoms with Gasteiger partial charge in [0.2, 0.25) is 0 Å². The normalized spacial score (nSPS) is 15.2. The number of nitriles is 1. The summed E-state index contributed by atoms with van der Waals surface area (Å²) in [5, 5.41) is 12.0. The molecule has 7 heteroatoms. The number of amides is 2. The SMILES string of the molecule is Cc1ccc(C)n1NC(=O)c1ccc(OCC(=O)N[C@](C)(C#N)C2CC2)cc1. The summed E-state index contributed by atoms with van der Waals surface area (Å²) in [6.07, 6.45) is 1.91. The number of aryl methyl sites for hydroxylation is 2. The maximum atomic E-state index is 12.4. The van der Waals surface area contributed by atoms with Gasteiger partial charge in [-0.3, -0.25) is 19.7 Å². The van der Waals surface area contributed by atoms with Crippen LogP contribution >= 0.6 is 0 Å². The molecule has 2 N–H and O–H groups in total. The molecule has 1 fully saturated rings. The van der Waals surface area contributed by atoms with Gasteiger partial charge in [-0.1, -0.05) is 0 Å². The summed E-state index contributed by atoms with van der Waals surface area (Å²) in [7, 11) is 0. The number of carbonyl (C=O) groups is 2. The first-order valence-corrected chi connectivity index (χ1v) is 9.24. The lowest BCUT2D eigenvalue weighted by atomic mass is 9.98. The second-order valence-electron chi connectivity index (χ2n) is 7.34. The number of ether oxygens (including phenoxy) is 1. The van der Waals surface area contributed by atoms with Crippen LogP contribution in [0.1, 0.15) is 41.5 Å². The molecule has 1 saturated carbocycles. The number of rotatable bonds is 7. The maximum Gasteiger partial charge on any atom is 0.270 e. The highest BCUT2D eigenvalue weighted by Crippen LogP contribution is 2.39. The molecule has 0 radical (unpaired) electrons. The van der Waals surface area contributed by atoms with Crippen molar-refractivity contribution in [3.05, 3.63) is 53.3 Å². The Bertz CT molecular complexity index is 903. The summed E-state index contributed by atoms with van der Waals surface area (Å²) >= 11 is 0. The number of carbonyl (C=O) groups excluding carboxylic acids is 2. The Kier molecular flexibility index (Phi) is 5.41. The predicted octanol–water partition coefficient (Wildman–Crippen LogP) is 2.68. The van der Waals surface area contributed by atoms with Gasteiger partial charge in [-0.05, 0) is 75.9 Å². The topological polar surface area (TPSA) is 96.2 Å². The van der Waals surface area contributed by atoms with E-state index in [2.05, 4.69) is 16.8 Å². The number of hydrogen-bond donors (Lipinski definition) is 2. The zero-order valence-electron chi connectivity index (χ0n) is 16.3. The zero-order valence-corrected chi connectivity index (χ0v) is 16.3. The Hall–Kier alpha value is -3.27. The molecule has 146 valence electrons. The molecule has 1 atom stereocenters. The third kappa shape index (κ3) is 4.34. The van der Waals surface area contributed by atoms with Gasteiger partial charge in [-0.2, -0.15) is 5.26 Å². The van der Waals surface area contributed by atoms with Gasteiger partial charge in [0.1, 0.15) is 11.3 Å². The Balaban J connectivity index is 1.53. The Labute approximate surface area is 164 Å². The van der Waals surface area contributed by atoms with Crippen molar-refractivity contribution < 1.29 is 14.3 Å². The first-order chi connectivity index (χ1) is 13.3. The second kappa shape index (κ2) is 7.77. The van der Waals surface area contributed by atoms with Crippen LogP contribution in [-0.2, 0) is 4.79 Å². The first kappa shape index (κ1) is 19.5. The minimum atomic E-state index is -0.836. The molecule has 2 amide bonds. The monoisotopic (exact) mass is 380 g/mol. The van der Waals surface area contributed by atoms with E-state index in [9.17, 15) is 14.9 Å². The van der Waals surface area contributed by atoms with E-state index in [0.29, 0.717) is 11.3 Å². The van der Waals surface area contributed by atoms with Gasteiger partial charge < -0.3 is 10.1 Å². The smallest absolute Gasteiger partial charge is 0.270 e. The molecule has 0 spiro atoms. The third-order valence-electron chi connectivity index (χ3n) is 5.00. The molecule has 2 aromatic rings. The van der Waals surface area contributed by atoms with Crippen molar-refractivity contribution in [1.82, 2.24) is 9.99 Å². The zero-order chi connectivity index (χ0) is 20.3. The summed E-state index contributed by atoms with van der Waals surface area (Å²) in [5.41, 5.74) is 4.36. The molecule has 7 nitrogen and oxygen atoms in total. The van der Waals surface area contributed by atoms with Gasteiger partial charge in [0.15, 0.2) is 6.61 Å². The van der Waals surface area contributed by atoms with Crippen LogP contribution in [0, 0.1) is 31.1 Å². The molecule has 3 rings (SSSR count). The Morgan fingerprint density at radius 2 is 1.79 bits per heavy atom. The minimum absolute atomic E-state index is 0.183. The van der Waals surface area contributed by atoms with Crippen molar-refractivity contribution in [1.29, 1.82) is 5.26 Å². The number of benzene rings is 1. The molecule has 1 aliphatic rings. The van der Waals surface area contributed by atoms with E-state index in [4.69, 9.17) is 4.74 Å². The summed E-state index contributed by atoms with van der Waals surface area (Å²) in [5.74, 6) is 0.120. The van der Waals surface area contributed by atoms with E-state index in [1.54, 1.807) is 35.9 Å². The molecule has 0 saturated heterocycles. The number of nitrogens with zero attached hydrogens (tertiary/aromatic N) is 2. The van der Waals surface area contributed by atoms with Crippen LogP contribution in [0.5, 0.6) is 5.75 Å². The average molecular weight is 380 g/mol. The minimum Gasteiger partial charge on any atom is -0.484 e. The van der Waals surface area contributed by atoms with E-state index in [-0.39, 0.29) is 24.3 Å². The van der Waals surface area contributed by atoms with Crippen LogP contribution in [-0.4, -0.2) is 28.6 Å². The van der Waals surface area contributed by atoms with Crippen molar-refractivity contribution >= 4 is 11.8 Å². The van der Waals surface area contributed by atoms with Gasteiger partial charge in [0, 0.05) is 17.0 Å². The highest BCUT2D eigenvalue weighted by molar-refractivity contribution is 6.00. The van der Waals surface area contributed by atoms with Crippen LogP contribution in [0.4, 0.5) is 0 Å². The number of hydrogen-bond acceptors (Lipinski definition) is 4. The standard InChI is InChI=1S/C21H24N4O3/c1-14-4-5-15(2)25(14)24-20(27)16-6-10-18(11-7-16)28-12-19(26)23-21(3,13-22)17-8-9-17/h4-7,10-11,17H,8-9,12H2,1-3H3,(H,23,26)(H,24,27)/t21-/m1/s1. The lowest BCUT2D eigenvalue weighted by Gasteiger charge is -2.22. The molecule has 1 heterocycles. The van der Waals surface area contributed by atoms with E-state index < -0.39 is 5.54 Å². The van der Waals surface area contributed by atoms with Crippen molar-refractivity contribution in [2.24, 2.45) is 5.92 Å². The lowest BCUT2D eigenvalue weighted by Crippen LogP contribution is -2.48. The van der Waals surface area contributed by atoms with Crippen LogP contribution in [0.3, 0.4) is 0 Å². The molecule has 0 unspecified atom stereocenters. The van der Waals surface area contributed by atoms with E-state index in [1.165, 1.54) is 0 Å². The van der Waals surface area contributed by atoms with Crippen LogP contribution in [0.2, 0.25) is 0 Å². The highest BCUT2D eigenvalue weighted by Gasteiger charge is 2.43. The quantitative estimate of drug-likeness (QED) is 0.772. The highest BCUT2D eigenvalue weighted by atomic mass is 16.5. The molecule has 1 aromatic heterocycles. The average Bonchev–Trinajstić information content (AvgIpc) is 3.50.